The zero-order valence-corrected chi connectivity index (χ0v) is 16.1. The van der Waals surface area contributed by atoms with E-state index in [1.165, 1.54) is 17.0 Å². The molecule has 2 aliphatic heterocycles. The molecule has 1 amide bonds. The molecule has 0 radical (unpaired) electrons. The summed E-state index contributed by atoms with van der Waals surface area (Å²) in [5, 5.41) is 16.7. The lowest BCUT2D eigenvalue weighted by Gasteiger charge is -2.45. The Kier molecular flexibility index (Phi) is 4.18. The maximum absolute atomic E-state index is 13.4. The summed E-state index contributed by atoms with van der Waals surface area (Å²) < 4.78 is 18.7. The molecule has 6 nitrogen and oxygen atoms in total. The van der Waals surface area contributed by atoms with Crippen molar-refractivity contribution in [2.75, 3.05) is 19.6 Å². The number of hydrogen-bond acceptors (Lipinski definition) is 5. The van der Waals surface area contributed by atoms with Crippen LogP contribution in [0.4, 0.5) is 4.39 Å². The molecule has 2 aromatic carbocycles. The summed E-state index contributed by atoms with van der Waals surface area (Å²) in [5.74, 6) is -1.76. The molecule has 2 aliphatic rings. The average molecular weight is 395 g/mol. The van der Waals surface area contributed by atoms with E-state index in [1.54, 1.807) is 12.1 Å². The van der Waals surface area contributed by atoms with Gasteiger partial charge in [0, 0.05) is 48.1 Å². The van der Waals surface area contributed by atoms with Crippen LogP contribution in [0.2, 0.25) is 0 Å². The van der Waals surface area contributed by atoms with E-state index in [0.29, 0.717) is 36.3 Å². The number of benzene rings is 2. The molecule has 0 saturated carbocycles. The summed E-state index contributed by atoms with van der Waals surface area (Å²) in [7, 11) is 0. The van der Waals surface area contributed by atoms with Crippen LogP contribution < -0.4 is 0 Å². The number of piperidine rings is 1. The lowest BCUT2D eigenvalue weighted by Crippen LogP contribution is -2.58. The van der Waals surface area contributed by atoms with Crippen molar-refractivity contribution in [3.05, 3.63) is 65.1 Å². The quantitative estimate of drug-likeness (QED) is 0.736. The molecule has 29 heavy (non-hydrogen) atoms. The first-order chi connectivity index (χ1) is 14.0. The molecular weight excluding hydrogens is 373 g/mol. The number of aromatic nitrogens is 1. The van der Waals surface area contributed by atoms with E-state index in [2.05, 4.69) is 5.16 Å². The highest BCUT2D eigenvalue weighted by molar-refractivity contribution is 5.99. The van der Waals surface area contributed by atoms with Crippen molar-refractivity contribution in [2.24, 2.45) is 0 Å². The van der Waals surface area contributed by atoms with Gasteiger partial charge in [-0.15, -0.1) is 0 Å². The van der Waals surface area contributed by atoms with Gasteiger partial charge in [0.05, 0.1) is 5.69 Å². The van der Waals surface area contributed by atoms with Crippen molar-refractivity contribution in [3.8, 4) is 0 Å². The Balaban J connectivity index is 1.42. The number of likely N-dealkylation sites (tertiary alicyclic amines) is 1. The fourth-order valence-electron chi connectivity index (χ4n) is 4.79. The minimum Gasteiger partial charge on any atom is -0.356 e. The number of fused-ring (bicyclic) bond motifs is 2. The van der Waals surface area contributed by atoms with Crippen molar-refractivity contribution < 1.29 is 18.8 Å². The highest BCUT2D eigenvalue weighted by Crippen LogP contribution is 2.43. The monoisotopic (exact) mass is 395 g/mol. The van der Waals surface area contributed by atoms with Gasteiger partial charge in [-0.1, -0.05) is 23.4 Å². The molecule has 5 rings (SSSR count). The first-order valence-corrected chi connectivity index (χ1v) is 9.97. The Morgan fingerprint density at radius 1 is 1.24 bits per heavy atom. The summed E-state index contributed by atoms with van der Waals surface area (Å²) in [6, 6.07) is 11.7. The van der Waals surface area contributed by atoms with Crippen LogP contribution in [0.5, 0.6) is 0 Å². The van der Waals surface area contributed by atoms with Crippen LogP contribution >= 0.6 is 0 Å². The minimum absolute atomic E-state index is 0.141. The topological polar surface area (TPSA) is 69.8 Å². The fourth-order valence-corrected chi connectivity index (χ4v) is 4.79. The Morgan fingerprint density at radius 2 is 2.00 bits per heavy atom. The molecule has 1 N–H and O–H groups in total. The second-order valence-electron chi connectivity index (χ2n) is 7.70. The highest BCUT2D eigenvalue weighted by atomic mass is 19.1. The molecule has 1 atom stereocenters. The maximum atomic E-state index is 13.4. The van der Waals surface area contributed by atoms with E-state index in [4.69, 9.17) is 4.52 Å². The normalized spacial score (nSPS) is 23.1. The van der Waals surface area contributed by atoms with Crippen molar-refractivity contribution >= 4 is 16.9 Å². The van der Waals surface area contributed by atoms with Crippen LogP contribution in [-0.4, -0.2) is 45.6 Å². The van der Waals surface area contributed by atoms with Gasteiger partial charge in [-0.05, 0) is 38.0 Å². The summed E-state index contributed by atoms with van der Waals surface area (Å²) in [4.78, 5) is 16.3. The van der Waals surface area contributed by atoms with Gasteiger partial charge in [0.2, 0.25) is 5.85 Å². The van der Waals surface area contributed by atoms with Crippen LogP contribution in [0.15, 0.2) is 47.0 Å². The average Bonchev–Trinajstić information content (AvgIpc) is 3.25. The highest BCUT2D eigenvalue weighted by Gasteiger charge is 2.52. The first kappa shape index (κ1) is 18.3. The molecule has 1 aromatic heterocycles. The SMILES string of the molecule is CCN1C(=O)c2ccccc2C1(O)N1CCC(c2noc3cc(F)ccc23)CC1. The molecule has 1 saturated heterocycles. The third-order valence-corrected chi connectivity index (χ3v) is 6.24. The molecule has 3 heterocycles. The summed E-state index contributed by atoms with van der Waals surface area (Å²) in [5.41, 5.74) is 2.49. The van der Waals surface area contributed by atoms with E-state index < -0.39 is 5.85 Å². The molecule has 1 unspecified atom stereocenters. The Hall–Kier alpha value is -2.77. The maximum Gasteiger partial charge on any atom is 0.257 e. The number of carbonyl (C=O) groups excluding carboxylic acids is 1. The largest absolute Gasteiger partial charge is 0.356 e. The Labute approximate surface area is 167 Å². The smallest absolute Gasteiger partial charge is 0.257 e. The molecular formula is C22H22FN3O3. The molecule has 0 spiro atoms. The second-order valence-corrected chi connectivity index (χ2v) is 7.70. The summed E-state index contributed by atoms with van der Waals surface area (Å²) in [6.45, 7) is 3.51. The molecule has 0 aliphatic carbocycles. The number of halogens is 1. The van der Waals surface area contributed by atoms with E-state index in [-0.39, 0.29) is 17.6 Å². The standard InChI is InChI=1S/C22H22FN3O3/c1-2-26-21(27)16-5-3-4-6-18(16)22(26,28)25-11-9-14(10-12-25)20-17-8-7-15(23)13-19(17)29-24-20/h3-8,13-14,28H,2,9-12H2,1H3. The molecule has 0 bridgehead atoms. The first-order valence-electron chi connectivity index (χ1n) is 9.97. The lowest BCUT2D eigenvalue weighted by molar-refractivity contribution is -0.205. The fraction of sp³-hybridized carbons (Fsp3) is 0.364. The Bertz CT molecular complexity index is 1090. The van der Waals surface area contributed by atoms with Gasteiger partial charge in [-0.25, -0.2) is 4.39 Å². The zero-order chi connectivity index (χ0) is 20.2. The lowest BCUT2D eigenvalue weighted by atomic mass is 9.90. The van der Waals surface area contributed by atoms with Crippen molar-refractivity contribution in [3.63, 3.8) is 0 Å². The van der Waals surface area contributed by atoms with Crippen molar-refractivity contribution in [1.29, 1.82) is 0 Å². The summed E-state index contributed by atoms with van der Waals surface area (Å²) in [6.07, 6.45) is 1.52. The zero-order valence-electron chi connectivity index (χ0n) is 16.1. The van der Waals surface area contributed by atoms with Gasteiger partial charge in [-0.2, -0.15) is 0 Å². The molecule has 3 aromatic rings. The van der Waals surface area contributed by atoms with Gasteiger partial charge in [0.15, 0.2) is 5.58 Å². The predicted molar refractivity (Wildman–Crippen MR) is 105 cm³/mol. The minimum atomic E-state index is -1.43. The molecule has 1 fully saturated rings. The number of aliphatic hydroxyl groups is 1. The van der Waals surface area contributed by atoms with Crippen LogP contribution in [0.1, 0.15) is 47.3 Å². The van der Waals surface area contributed by atoms with E-state index in [1.807, 2.05) is 30.0 Å². The third kappa shape index (κ3) is 2.61. The van der Waals surface area contributed by atoms with E-state index in [0.717, 1.165) is 23.9 Å². The van der Waals surface area contributed by atoms with Crippen LogP contribution in [0.25, 0.3) is 11.0 Å². The molecule has 150 valence electrons. The van der Waals surface area contributed by atoms with E-state index >= 15 is 0 Å². The second kappa shape index (κ2) is 6.64. The van der Waals surface area contributed by atoms with Gasteiger partial charge < -0.3 is 9.63 Å². The number of hydrogen-bond donors (Lipinski definition) is 1. The van der Waals surface area contributed by atoms with Gasteiger partial charge in [-0.3, -0.25) is 14.6 Å². The number of amides is 1. The summed E-state index contributed by atoms with van der Waals surface area (Å²) >= 11 is 0. The van der Waals surface area contributed by atoms with Crippen LogP contribution in [-0.2, 0) is 5.85 Å². The van der Waals surface area contributed by atoms with E-state index in [9.17, 15) is 14.3 Å². The van der Waals surface area contributed by atoms with Gasteiger partial charge in [0.25, 0.3) is 5.91 Å². The van der Waals surface area contributed by atoms with Crippen molar-refractivity contribution in [1.82, 2.24) is 15.0 Å². The van der Waals surface area contributed by atoms with Crippen LogP contribution in [0.3, 0.4) is 0 Å². The van der Waals surface area contributed by atoms with Gasteiger partial charge >= 0.3 is 0 Å². The number of carbonyl (C=O) groups is 1. The van der Waals surface area contributed by atoms with Crippen molar-refractivity contribution in [2.45, 2.75) is 31.5 Å². The number of rotatable bonds is 3. The van der Waals surface area contributed by atoms with Crippen LogP contribution in [0, 0.1) is 5.82 Å². The predicted octanol–water partition coefficient (Wildman–Crippen LogP) is 3.42. The Morgan fingerprint density at radius 3 is 2.76 bits per heavy atom. The van der Waals surface area contributed by atoms with Gasteiger partial charge in [0.1, 0.15) is 5.82 Å². The molecule has 7 heteroatoms. The number of nitrogens with zero attached hydrogens (tertiary/aromatic N) is 3. The third-order valence-electron chi connectivity index (χ3n) is 6.24.